The quantitative estimate of drug-likeness (QED) is 0.787. The molecule has 3 aromatic rings. The number of amides is 1. The molecule has 1 N–H and O–H groups in total. The monoisotopic (exact) mass is 312 g/mol. The zero-order valence-corrected chi connectivity index (χ0v) is 13.0. The van der Waals surface area contributed by atoms with Crippen LogP contribution in [0.4, 0.5) is 0 Å². The van der Waals surface area contributed by atoms with Crippen molar-refractivity contribution in [3.05, 3.63) is 58.7 Å². The molecule has 3 rings (SSSR count). The topological polar surface area (TPSA) is 59.8 Å². The van der Waals surface area contributed by atoms with Crippen molar-refractivity contribution in [3.63, 3.8) is 0 Å². The molecule has 0 spiro atoms. The second kappa shape index (κ2) is 6.53. The predicted molar refractivity (Wildman–Crippen MR) is 86.3 cm³/mol. The van der Waals surface area contributed by atoms with E-state index in [4.69, 9.17) is 0 Å². The Kier molecular flexibility index (Phi) is 4.29. The fourth-order valence-electron chi connectivity index (χ4n) is 2.22. The van der Waals surface area contributed by atoms with E-state index < -0.39 is 0 Å². The number of aromatic nitrogens is 3. The van der Waals surface area contributed by atoms with E-state index in [0.717, 1.165) is 22.4 Å². The van der Waals surface area contributed by atoms with E-state index in [1.807, 2.05) is 36.0 Å². The summed E-state index contributed by atoms with van der Waals surface area (Å²) in [7, 11) is 1.89. The zero-order valence-electron chi connectivity index (χ0n) is 12.2. The molecule has 0 aliphatic carbocycles. The highest BCUT2D eigenvalue weighted by Gasteiger charge is 2.06. The highest BCUT2D eigenvalue weighted by molar-refractivity contribution is 7.07. The largest absolute Gasteiger partial charge is 0.352 e. The number of rotatable bonds is 5. The Morgan fingerprint density at radius 2 is 2.23 bits per heavy atom. The molecule has 0 fully saturated rings. The second-order valence-corrected chi connectivity index (χ2v) is 5.79. The molecule has 0 aromatic carbocycles. The Labute approximate surface area is 132 Å². The summed E-state index contributed by atoms with van der Waals surface area (Å²) in [5, 5.41) is 11.1. The van der Waals surface area contributed by atoms with Crippen LogP contribution in [0.5, 0.6) is 0 Å². The van der Waals surface area contributed by atoms with Crippen LogP contribution in [0, 0.1) is 0 Å². The van der Waals surface area contributed by atoms with Crippen LogP contribution in [0.25, 0.3) is 11.3 Å². The lowest BCUT2D eigenvalue weighted by atomic mass is 10.1. The molecular formula is C16H16N4OS. The number of carbonyl (C=O) groups is 1. The van der Waals surface area contributed by atoms with Crippen LogP contribution in [0.15, 0.2) is 47.5 Å². The average Bonchev–Trinajstić information content (AvgIpc) is 3.17. The third-order valence-corrected chi connectivity index (χ3v) is 4.08. The lowest BCUT2D eigenvalue weighted by Gasteiger charge is -2.07. The number of carbonyl (C=O) groups excluding carboxylic acids is 1. The van der Waals surface area contributed by atoms with Crippen molar-refractivity contribution >= 4 is 17.2 Å². The van der Waals surface area contributed by atoms with Gasteiger partial charge in [0.1, 0.15) is 0 Å². The van der Waals surface area contributed by atoms with E-state index in [9.17, 15) is 4.79 Å². The molecular weight excluding hydrogens is 296 g/mol. The van der Waals surface area contributed by atoms with E-state index >= 15 is 0 Å². The fraction of sp³-hybridized carbons (Fsp3) is 0.188. The van der Waals surface area contributed by atoms with Gasteiger partial charge in [0.25, 0.3) is 0 Å². The van der Waals surface area contributed by atoms with Gasteiger partial charge in [-0.2, -0.15) is 16.4 Å². The Morgan fingerprint density at radius 1 is 1.32 bits per heavy atom. The summed E-state index contributed by atoms with van der Waals surface area (Å²) in [6, 6.07) is 5.93. The van der Waals surface area contributed by atoms with Gasteiger partial charge in [0.2, 0.25) is 5.91 Å². The molecule has 0 saturated heterocycles. The van der Waals surface area contributed by atoms with Crippen LogP contribution in [-0.4, -0.2) is 20.7 Å². The van der Waals surface area contributed by atoms with Crippen molar-refractivity contribution in [1.82, 2.24) is 20.1 Å². The first-order valence-corrected chi connectivity index (χ1v) is 7.87. The van der Waals surface area contributed by atoms with Gasteiger partial charge in [0, 0.05) is 37.7 Å². The van der Waals surface area contributed by atoms with Gasteiger partial charge < -0.3 is 5.32 Å². The van der Waals surface area contributed by atoms with E-state index in [0.29, 0.717) is 13.0 Å². The van der Waals surface area contributed by atoms with Gasteiger partial charge in [-0.25, -0.2) is 0 Å². The van der Waals surface area contributed by atoms with Crippen molar-refractivity contribution in [2.24, 2.45) is 7.05 Å². The summed E-state index contributed by atoms with van der Waals surface area (Å²) in [4.78, 5) is 16.2. The SMILES string of the molecule is Cn1nccc1-c1cncc(CNC(=O)Cc2ccsc2)c1. The van der Waals surface area contributed by atoms with Gasteiger partial charge in [0.05, 0.1) is 12.1 Å². The van der Waals surface area contributed by atoms with Crippen LogP contribution < -0.4 is 5.32 Å². The molecule has 0 bridgehead atoms. The Hall–Kier alpha value is -2.47. The minimum Gasteiger partial charge on any atom is -0.352 e. The number of aryl methyl sites for hydroxylation is 1. The van der Waals surface area contributed by atoms with Crippen molar-refractivity contribution in [1.29, 1.82) is 0 Å². The third kappa shape index (κ3) is 3.40. The van der Waals surface area contributed by atoms with Crippen molar-refractivity contribution < 1.29 is 4.79 Å². The maximum Gasteiger partial charge on any atom is 0.224 e. The molecule has 0 aliphatic heterocycles. The first-order chi connectivity index (χ1) is 10.7. The molecule has 0 aliphatic rings. The number of nitrogens with one attached hydrogen (secondary N) is 1. The summed E-state index contributed by atoms with van der Waals surface area (Å²) < 4.78 is 1.80. The summed E-state index contributed by atoms with van der Waals surface area (Å²) in [5.41, 5.74) is 4.00. The van der Waals surface area contributed by atoms with Crippen LogP contribution in [0.1, 0.15) is 11.1 Å². The number of hydrogen-bond acceptors (Lipinski definition) is 4. The average molecular weight is 312 g/mol. The molecule has 112 valence electrons. The summed E-state index contributed by atoms with van der Waals surface area (Å²) in [6.07, 6.45) is 5.74. The van der Waals surface area contributed by atoms with Crippen LogP contribution >= 0.6 is 11.3 Å². The lowest BCUT2D eigenvalue weighted by molar-refractivity contribution is -0.120. The van der Waals surface area contributed by atoms with Gasteiger partial charge in [-0.15, -0.1) is 0 Å². The van der Waals surface area contributed by atoms with Crippen molar-refractivity contribution in [2.75, 3.05) is 0 Å². The van der Waals surface area contributed by atoms with Crippen LogP contribution in [0.3, 0.4) is 0 Å². The second-order valence-electron chi connectivity index (χ2n) is 5.01. The molecule has 0 atom stereocenters. The fourth-order valence-corrected chi connectivity index (χ4v) is 2.89. The number of hydrogen-bond donors (Lipinski definition) is 1. The predicted octanol–water partition coefficient (Wildman–Crippen LogP) is 2.40. The minimum atomic E-state index is 0.0179. The zero-order chi connectivity index (χ0) is 15.4. The van der Waals surface area contributed by atoms with E-state index in [2.05, 4.69) is 15.4 Å². The van der Waals surface area contributed by atoms with Gasteiger partial charge in [-0.1, -0.05) is 0 Å². The molecule has 0 unspecified atom stereocenters. The van der Waals surface area contributed by atoms with Crippen LogP contribution in [0.2, 0.25) is 0 Å². The highest BCUT2D eigenvalue weighted by Crippen LogP contribution is 2.18. The molecule has 6 heteroatoms. The maximum absolute atomic E-state index is 11.9. The third-order valence-electron chi connectivity index (χ3n) is 3.35. The molecule has 3 aromatic heterocycles. The summed E-state index contributed by atoms with van der Waals surface area (Å²) in [6.45, 7) is 0.474. The van der Waals surface area contributed by atoms with Crippen molar-refractivity contribution in [3.8, 4) is 11.3 Å². The lowest BCUT2D eigenvalue weighted by Crippen LogP contribution is -2.24. The number of thiophene rings is 1. The van der Waals surface area contributed by atoms with Gasteiger partial charge in [0.15, 0.2) is 0 Å². The van der Waals surface area contributed by atoms with E-state index in [1.54, 1.807) is 34.6 Å². The standard InChI is InChI=1S/C16H16N4OS/c1-20-15(2-4-19-20)14-6-13(8-17-10-14)9-18-16(21)7-12-3-5-22-11-12/h2-6,8,10-11H,7,9H2,1H3,(H,18,21). The van der Waals surface area contributed by atoms with Crippen molar-refractivity contribution in [2.45, 2.75) is 13.0 Å². The normalized spacial score (nSPS) is 10.6. The molecule has 0 radical (unpaired) electrons. The van der Waals surface area contributed by atoms with Gasteiger partial charge in [-0.3, -0.25) is 14.5 Å². The summed E-state index contributed by atoms with van der Waals surface area (Å²) >= 11 is 1.60. The molecule has 3 heterocycles. The Balaban J connectivity index is 1.63. The first-order valence-electron chi connectivity index (χ1n) is 6.92. The molecule has 1 amide bonds. The van der Waals surface area contributed by atoms with Gasteiger partial charge in [-0.05, 0) is 40.1 Å². The van der Waals surface area contributed by atoms with E-state index in [-0.39, 0.29) is 5.91 Å². The summed E-state index contributed by atoms with van der Waals surface area (Å²) in [5.74, 6) is 0.0179. The molecule has 0 saturated carbocycles. The first kappa shape index (κ1) is 14.5. The molecule has 5 nitrogen and oxygen atoms in total. The highest BCUT2D eigenvalue weighted by atomic mass is 32.1. The van der Waals surface area contributed by atoms with Gasteiger partial charge >= 0.3 is 0 Å². The smallest absolute Gasteiger partial charge is 0.224 e. The maximum atomic E-state index is 11.9. The Morgan fingerprint density at radius 3 is 2.95 bits per heavy atom. The van der Waals surface area contributed by atoms with E-state index in [1.165, 1.54) is 0 Å². The number of nitrogens with zero attached hydrogens (tertiary/aromatic N) is 3. The van der Waals surface area contributed by atoms with Crippen LogP contribution in [-0.2, 0) is 24.8 Å². The Bertz CT molecular complexity index is 764. The number of pyridine rings is 1. The molecule has 22 heavy (non-hydrogen) atoms. The minimum absolute atomic E-state index is 0.0179.